The van der Waals surface area contributed by atoms with E-state index in [-0.39, 0.29) is 6.04 Å². The Morgan fingerprint density at radius 3 is 2.60 bits per heavy atom. The van der Waals surface area contributed by atoms with Gasteiger partial charge < -0.3 is 14.8 Å². The number of hydrogen-bond donors (Lipinski definition) is 1. The largest absolute Gasteiger partial charge is 0.449 e. The van der Waals surface area contributed by atoms with Crippen LogP contribution >= 0.6 is 27.3 Å². The molecule has 0 radical (unpaired) electrons. The van der Waals surface area contributed by atoms with Gasteiger partial charge in [0.25, 0.3) is 0 Å². The second kappa shape index (κ2) is 4.97. The highest BCUT2D eigenvalue weighted by atomic mass is 79.9. The lowest BCUT2D eigenvalue weighted by molar-refractivity contribution is -0.0431. The molecule has 0 bridgehead atoms. The van der Waals surface area contributed by atoms with Crippen LogP contribution < -0.4 is 14.8 Å². The minimum absolute atomic E-state index is 0.250. The third-order valence-electron chi connectivity index (χ3n) is 3.06. The zero-order chi connectivity index (χ0) is 14.3. The topological polar surface area (TPSA) is 30.5 Å². The molecule has 1 aromatic heterocycles. The summed E-state index contributed by atoms with van der Waals surface area (Å²) in [6, 6.07) is 10.4. The van der Waals surface area contributed by atoms with Crippen molar-refractivity contribution in [2.24, 2.45) is 0 Å². The van der Waals surface area contributed by atoms with Gasteiger partial charge >= 0.3 is 0 Å². The van der Waals surface area contributed by atoms with E-state index in [1.807, 2.05) is 32.0 Å². The van der Waals surface area contributed by atoms with Gasteiger partial charge in [0.05, 0.1) is 9.83 Å². The van der Waals surface area contributed by atoms with E-state index in [0.29, 0.717) is 0 Å². The molecule has 1 atom stereocenters. The number of fused-ring (bicyclic) bond motifs is 1. The van der Waals surface area contributed by atoms with Gasteiger partial charge in [0.15, 0.2) is 11.5 Å². The fourth-order valence-corrected chi connectivity index (χ4v) is 3.62. The molecule has 1 aromatic carbocycles. The summed E-state index contributed by atoms with van der Waals surface area (Å²) in [5, 5.41) is 3.48. The van der Waals surface area contributed by atoms with Gasteiger partial charge in [-0.1, -0.05) is 0 Å². The van der Waals surface area contributed by atoms with E-state index in [0.717, 1.165) is 21.0 Å². The number of benzene rings is 1. The SMILES string of the molecule is CC(Nc1ccc2c(c1)OC(C)(C)O2)c1ccc(Br)s1. The van der Waals surface area contributed by atoms with E-state index in [4.69, 9.17) is 9.47 Å². The predicted octanol–water partition coefficient (Wildman–Crippen LogP) is 5.19. The normalized spacial score (nSPS) is 17.0. The van der Waals surface area contributed by atoms with Crippen LogP contribution in [0.3, 0.4) is 0 Å². The molecule has 0 amide bonds. The predicted molar refractivity (Wildman–Crippen MR) is 85.8 cm³/mol. The lowest BCUT2D eigenvalue weighted by atomic mass is 10.2. The molecule has 1 aliphatic heterocycles. The molecular formula is C15H16BrNO2S. The fourth-order valence-electron chi connectivity index (χ4n) is 2.19. The molecule has 5 heteroatoms. The summed E-state index contributed by atoms with van der Waals surface area (Å²) in [7, 11) is 0. The van der Waals surface area contributed by atoms with E-state index in [1.165, 1.54) is 4.88 Å². The standard InChI is InChI=1S/C15H16BrNO2S/c1-9(13-6-7-14(16)20-13)17-10-4-5-11-12(8-10)19-15(2,3)18-11/h4-9,17H,1-3H3. The van der Waals surface area contributed by atoms with Crippen LogP contribution in [0.15, 0.2) is 34.1 Å². The van der Waals surface area contributed by atoms with Crippen LogP contribution in [0.5, 0.6) is 11.5 Å². The monoisotopic (exact) mass is 353 g/mol. The molecule has 1 unspecified atom stereocenters. The minimum atomic E-state index is -0.578. The molecule has 1 N–H and O–H groups in total. The quantitative estimate of drug-likeness (QED) is 0.823. The second-order valence-electron chi connectivity index (χ2n) is 5.27. The average Bonchev–Trinajstić information content (AvgIpc) is 2.90. The highest BCUT2D eigenvalue weighted by molar-refractivity contribution is 9.11. The van der Waals surface area contributed by atoms with Crippen LogP contribution in [-0.2, 0) is 0 Å². The summed E-state index contributed by atoms with van der Waals surface area (Å²) < 4.78 is 12.6. The number of hydrogen-bond acceptors (Lipinski definition) is 4. The maximum atomic E-state index is 5.76. The van der Waals surface area contributed by atoms with Crippen molar-refractivity contribution in [1.29, 1.82) is 0 Å². The summed E-state index contributed by atoms with van der Waals surface area (Å²) >= 11 is 5.23. The minimum Gasteiger partial charge on any atom is -0.449 e. The number of thiophene rings is 1. The van der Waals surface area contributed by atoms with Crippen LogP contribution in [0.1, 0.15) is 31.7 Å². The molecule has 0 fully saturated rings. The zero-order valence-electron chi connectivity index (χ0n) is 11.6. The molecule has 3 nitrogen and oxygen atoms in total. The van der Waals surface area contributed by atoms with Gasteiger partial charge in [0.2, 0.25) is 5.79 Å². The Balaban J connectivity index is 1.76. The molecule has 2 aromatic rings. The number of rotatable bonds is 3. The van der Waals surface area contributed by atoms with Crippen molar-refractivity contribution in [1.82, 2.24) is 0 Å². The first kappa shape index (κ1) is 13.8. The Morgan fingerprint density at radius 1 is 1.15 bits per heavy atom. The summed E-state index contributed by atoms with van der Waals surface area (Å²) in [5.41, 5.74) is 1.03. The van der Waals surface area contributed by atoms with Crippen molar-refractivity contribution < 1.29 is 9.47 Å². The molecule has 0 saturated heterocycles. The van der Waals surface area contributed by atoms with E-state index in [9.17, 15) is 0 Å². The van der Waals surface area contributed by atoms with Crippen molar-refractivity contribution in [2.75, 3.05) is 5.32 Å². The fraction of sp³-hybridized carbons (Fsp3) is 0.333. The van der Waals surface area contributed by atoms with Crippen molar-refractivity contribution >= 4 is 33.0 Å². The van der Waals surface area contributed by atoms with Crippen LogP contribution in [0.25, 0.3) is 0 Å². The highest BCUT2D eigenvalue weighted by Gasteiger charge is 2.31. The molecule has 0 saturated carbocycles. The summed E-state index contributed by atoms with van der Waals surface area (Å²) in [4.78, 5) is 1.29. The Morgan fingerprint density at radius 2 is 1.90 bits per heavy atom. The first-order chi connectivity index (χ1) is 9.43. The molecule has 0 spiro atoms. The highest BCUT2D eigenvalue weighted by Crippen LogP contribution is 2.41. The lowest BCUT2D eigenvalue weighted by Crippen LogP contribution is -2.29. The summed E-state index contributed by atoms with van der Waals surface area (Å²) in [6.07, 6.45) is 0. The third kappa shape index (κ3) is 2.79. The van der Waals surface area contributed by atoms with Gasteiger partial charge in [-0.05, 0) is 47.1 Å². The van der Waals surface area contributed by atoms with Gasteiger partial charge in [-0.3, -0.25) is 0 Å². The van der Waals surface area contributed by atoms with Gasteiger partial charge in [-0.25, -0.2) is 0 Å². The number of halogens is 1. The van der Waals surface area contributed by atoms with Crippen LogP contribution in [0, 0.1) is 0 Å². The van der Waals surface area contributed by atoms with E-state index < -0.39 is 5.79 Å². The average molecular weight is 354 g/mol. The molecule has 3 rings (SSSR count). The first-order valence-electron chi connectivity index (χ1n) is 6.47. The van der Waals surface area contributed by atoms with Crippen molar-refractivity contribution in [3.05, 3.63) is 39.0 Å². The Hall–Kier alpha value is -1.20. The Kier molecular flexibility index (Phi) is 3.42. The van der Waals surface area contributed by atoms with Crippen molar-refractivity contribution in [3.63, 3.8) is 0 Å². The zero-order valence-corrected chi connectivity index (χ0v) is 14.0. The van der Waals surface area contributed by atoms with E-state index >= 15 is 0 Å². The van der Waals surface area contributed by atoms with Crippen molar-refractivity contribution in [2.45, 2.75) is 32.6 Å². The second-order valence-corrected chi connectivity index (χ2v) is 7.77. The third-order valence-corrected chi connectivity index (χ3v) is 4.87. The number of ether oxygens (including phenoxy) is 2. The molecule has 20 heavy (non-hydrogen) atoms. The van der Waals surface area contributed by atoms with Gasteiger partial charge in [-0.2, -0.15) is 0 Å². The van der Waals surface area contributed by atoms with Gasteiger partial charge in [0, 0.05) is 30.5 Å². The molecule has 2 heterocycles. The molecule has 1 aliphatic rings. The smallest absolute Gasteiger partial charge is 0.246 e. The maximum Gasteiger partial charge on any atom is 0.246 e. The van der Waals surface area contributed by atoms with Crippen LogP contribution in [0.2, 0.25) is 0 Å². The first-order valence-corrected chi connectivity index (χ1v) is 8.08. The maximum absolute atomic E-state index is 5.76. The lowest BCUT2D eigenvalue weighted by Gasteiger charge is -2.16. The molecule has 0 aliphatic carbocycles. The van der Waals surface area contributed by atoms with Gasteiger partial charge in [-0.15, -0.1) is 11.3 Å². The van der Waals surface area contributed by atoms with E-state index in [2.05, 4.69) is 40.3 Å². The Labute approximate surface area is 131 Å². The van der Waals surface area contributed by atoms with Crippen LogP contribution in [0.4, 0.5) is 5.69 Å². The van der Waals surface area contributed by atoms with E-state index in [1.54, 1.807) is 11.3 Å². The van der Waals surface area contributed by atoms with Crippen LogP contribution in [-0.4, -0.2) is 5.79 Å². The number of anilines is 1. The molecule has 106 valence electrons. The Bertz CT molecular complexity index is 639. The van der Waals surface area contributed by atoms with Gasteiger partial charge in [0.1, 0.15) is 0 Å². The van der Waals surface area contributed by atoms with Crippen molar-refractivity contribution in [3.8, 4) is 11.5 Å². The summed E-state index contributed by atoms with van der Waals surface area (Å²) in [6.45, 7) is 5.96. The molecular weight excluding hydrogens is 338 g/mol. The number of nitrogens with one attached hydrogen (secondary N) is 1. The summed E-state index contributed by atoms with van der Waals surface area (Å²) in [5.74, 6) is 1.01.